The molecule has 0 radical (unpaired) electrons. The quantitative estimate of drug-likeness (QED) is 0.874. The normalized spacial score (nSPS) is 20.8. The fourth-order valence-electron chi connectivity index (χ4n) is 2.27. The van der Waals surface area contributed by atoms with Crippen molar-refractivity contribution in [2.24, 2.45) is 7.05 Å². The largest absolute Gasteiger partial charge is 0.334 e. The molecule has 1 aliphatic heterocycles. The lowest BCUT2D eigenvalue weighted by molar-refractivity contribution is 0.402. The third-order valence-corrected chi connectivity index (χ3v) is 3.27. The Morgan fingerprint density at radius 2 is 2.33 bits per heavy atom. The smallest absolute Gasteiger partial charge is 0.261 e. The summed E-state index contributed by atoms with van der Waals surface area (Å²) >= 11 is 0. The van der Waals surface area contributed by atoms with E-state index in [0.29, 0.717) is 5.89 Å². The van der Waals surface area contributed by atoms with Gasteiger partial charge in [0.05, 0.1) is 17.8 Å². The molecule has 2 aromatic heterocycles. The van der Waals surface area contributed by atoms with Crippen LogP contribution >= 0.6 is 0 Å². The average Bonchev–Trinajstić information content (AvgIpc) is 2.92. The van der Waals surface area contributed by atoms with Gasteiger partial charge in [-0.2, -0.15) is 10.1 Å². The number of aryl methyl sites for hydroxylation is 1. The van der Waals surface area contributed by atoms with Crippen LogP contribution in [0.2, 0.25) is 0 Å². The van der Waals surface area contributed by atoms with Crippen molar-refractivity contribution in [2.45, 2.75) is 31.7 Å². The Labute approximate surface area is 105 Å². The molecule has 0 unspecified atom stereocenters. The van der Waals surface area contributed by atoms with Crippen LogP contribution in [0.4, 0.5) is 0 Å². The fourth-order valence-corrected chi connectivity index (χ4v) is 2.27. The molecule has 1 fully saturated rings. The van der Waals surface area contributed by atoms with Crippen LogP contribution in [-0.2, 0) is 7.05 Å². The Balaban J connectivity index is 1.80. The van der Waals surface area contributed by atoms with E-state index in [9.17, 15) is 0 Å². The third kappa shape index (κ3) is 2.28. The Hall–Kier alpha value is -1.69. The molecule has 0 bridgehead atoms. The molecular formula is C12H17N5O. The lowest BCUT2D eigenvalue weighted by Crippen LogP contribution is -2.21. The predicted octanol–water partition coefficient (Wildman–Crippen LogP) is 1.67. The first-order chi connectivity index (χ1) is 8.83. The number of rotatable bonds is 2. The molecule has 96 valence electrons. The molecule has 0 amide bonds. The Morgan fingerprint density at radius 3 is 3.17 bits per heavy atom. The molecule has 0 aliphatic carbocycles. The second-order valence-corrected chi connectivity index (χ2v) is 4.72. The van der Waals surface area contributed by atoms with Gasteiger partial charge in [0.1, 0.15) is 0 Å². The second-order valence-electron chi connectivity index (χ2n) is 4.72. The zero-order valence-corrected chi connectivity index (χ0v) is 10.5. The van der Waals surface area contributed by atoms with E-state index in [4.69, 9.17) is 4.52 Å². The standard InChI is InChI=1S/C12H17N5O/c1-17-8-9(7-14-17)12-15-11(16-18-12)10-5-3-2-4-6-13-10/h7-8,10,13H,2-6H2,1H3/t10-/m1/s1. The minimum atomic E-state index is 0.224. The SMILES string of the molecule is Cn1cc(-c2nc([C@H]3CCCCCN3)no2)cn1. The van der Waals surface area contributed by atoms with Gasteiger partial charge in [-0.3, -0.25) is 4.68 Å². The number of nitrogens with one attached hydrogen (secondary N) is 1. The van der Waals surface area contributed by atoms with Crippen molar-refractivity contribution >= 4 is 0 Å². The van der Waals surface area contributed by atoms with Crippen molar-refractivity contribution in [3.8, 4) is 11.5 Å². The van der Waals surface area contributed by atoms with Crippen molar-refractivity contribution < 1.29 is 4.52 Å². The van der Waals surface area contributed by atoms with Gasteiger partial charge in [0.2, 0.25) is 0 Å². The summed E-state index contributed by atoms with van der Waals surface area (Å²) in [6, 6.07) is 0.224. The van der Waals surface area contributed by atoms with Crippen molar-refractivity contribution in [3.63, 3.8) is 0 Å². The fraction of sp³-hybridized carbons (Fsp3) is 0.583. The molecule has 1 aliphatic rings. The Bertz CT molecular complexity index is 510. The molecule has 3 heterocycles. The number of hydrogen-bond donors (Lipinski definition) is 1. The van der Waals surface area contributed by atoms with Gasteiger partial charge in [0, 0.05) is 13.2 Å². The summed E-state index contributed by atoms with van der Waals surface area (Å²) in [5.74, 6) is 1.31. The van der Waals surface area contributed by atoms with Gasteiger partial charge in [-0.1, -0.05) is 18.0 Å². The molecule has 18 heavy (non-hydrogen) atoms. The van der Waals surface area contributed by atoms with Crippen LogP contribution in [0.15, 0.2) is 16.9 Å². The summed E-state index contributed by atoms with van der Waals surface area (Å²) in [6.45, 7) is 1.03. The molecule has 1 saturated heterocycles. The van der Waals surface area contributed by atoms with E-state index >= 15 is 0 Å². The summed E-state index contributed by atoms with van der Waals surface area (Å²) in [5, 5.41) is 11.6. The topological polar surface area (TPSA) is 68.8 Å². The number of aromatic nitrogens is 4. The van der Waals surface area contributed by atoms with E-state index in [1.807, 2.05) is 13.2 Å². The summed E-state index contributed by atoms with van der Waals surface area (Å²) in [6.07, 6.45) is 8.40. The number of nitrogens with zero attached hydrogens (tertiary/aromatic N) is 4. The molecule has 1 atom stereocenters. The molecule has 3 rings (SSSR count). The molecule has 1 N–H and O–H groups in total. The Morgan fingerprint density at radius 1 is 1.39 bits per heavy atom. The highest BCUT2D eigenvalue weighted by Gasteiger charge is 2.20. The monoisotopic (exact) mass is 247 g/mol. The van der Waals surface area contributed by atoms with Gasteiger partial charge in [0.15, 0.2) is 5.82 Å². The van der Waals surface area contributed by atoms with Crippen LogP contribution in [-0.4, -0.2) is 26.5 Å². The van der Waals surface area contributed by atoms with Crippen molar-refractivity contribution in [2.75, 3.05) is 6.54 Å². The van der Waals surface area contributed by atoms with Crippen LogP contribution in [0, 0.1) is 0 Å². The van der Waals surface area contributed by atoms with Crippen LogP contribution in [0.1, 0.15) is 37.5 Å². The van der Waals surface area contributed by atoms with Crippen LogP contribution in [0.3, 0.4) is 0 Å². The molecule has 0 aromatic carbocycles. The van der Waals surface area contributed by atoms with E-state index in [0.717, 1.165) is 24.4 Å². The summed E-state index contributed by atoms with van der Waals surface area (Å²) in [5.41, 5.74) is 0.866. The summed E-state index contributed by atoms with van der Waals surface area (Å²) in [7, 11) is 1.87. The van der Waals surface area contributed by atoms with Crippen LogP contribution < -0.4 is 5.32 Å². The highest BCUT2D eigenvalue weighted by Crippen LogP contribution is 2.23. The summed E-state index contributed by atoms with van der Waals surface area (Å²) < 4.78 is 7.03. The second kappa shape index (κ2) is 4.89. The molecule has 6 heteroatoms. The minimum absolute atomic E-state index is 0.224. The summed E-state index contributed by atoms with van der Waals surface area (Å²) in [4.78, 5) is 4.47. The minimum Gasteiger partial charge on any atom is -0.334 e. The van der Waals surface area contributed by atoms with E-state index in [2.05, 4.69) is 20.6 Å². The predicted molar refractivity (Wildman–Crippen MR) is 65.7 cm³/mol. The maximum absolute atomic E-state index is 5.30. The van der Waals surface area contributed by atoms with Crippen molar-refractivity contribution in [3.05, 3.63) is 18.2 Å². The highest BCUT2D eigenvalue weighted by molar-refractivity contribution is 5.49. The lowest BCUT2D eigenvalue weighted by Gasteiger charge is -2.09. The first kappa shape index (κ1) is 11.4. The Kier molecular flexibility index (Phi) is 3.10. The van der Waals surface area contributed by atoms with Gasteiger partial charge in [-0.15, -0.1) is 0 Å². The zero-order chi connectivity index (χ0) is 12.4. The first-order valence-electron chi connectivity index (χ1n) is 6.39. The number of hydrogen-bond acceptors (Lipinski definition) is 5. The molecule has 6 nitrogen and oxygen atoms in total. The highest BCUT2D eigenvalue weighted by atomic mass is 16.5. The lowest BCUT2D eigenvalue weighted by atomic mass is 10.1. The van der Waals surface area contributed by atoms with Gasteiger partial charge >= 0.3 is 0 Å². The molecule has 0 saturated carbocycles. The first-order valence-corrected chi connectivity index (χ1v) is 6.39. The van der Waals surface area contributed by atoms with E-state index in [1.165, 1.54) is 19.3 Å². The zero-order valence-electron chi connectivity index (χ0n) is 10.5. The van der Waals surface area contributed by atoms with Crippen LogP contribution in [0.25, 0.3) is 11.5 Å². The third-order valence-electron chi connectivity index (χ3n) is 3.27. The van der Waals surface area contributed by atoms with E-state index in [-0.39, 0.29) is 6.04 Å². The molecule has 2 aromatic rings. The molecule has 0 spiro atoms. The average molecular weight is 247 g/mol. The van der Waals surface area contributed by atoms with E-state index in [1.54, 1.807) is 10.9 Å². The van der Waals surface area contributed by atoms with Crippen LogP contribution in [0.5, 0.6) is 0 Å². The van der Waals surface area contributed by atoms with E-state index < -0.39 is 0 Å². The van der Waals surface area contributed by atoms with Gasteiger partial charge in [-0.25, -0.2) is 0 Å². The van der Waals surface area contributed by atoms with Gasteiger partial charge in [-0.05, 0) is 19.4 Å². The van der Waals surface area contributed by atoms with Gasteiger partial charge in [0.25, 0.3) is 5.89 Å². The van der Waals surface area contributed by atoms with Gasteiger partial charge < -0.3 is 9.84 Å². The molecular weight excluding hydrogens is 230 g/mol. The van der Waals surface area contributed by atoms with Crippen molar-refractivity contribution in [1.29, 1.82) is 0 Å². The van der Waals surface area contributed by atoms with Crippen molar-refractivity contribution in [1.82, 2.24) is 25.2 Å². The maximum atomic E-state index is 5.30. The maximum Gasteiger partial charge on any atom is 0.261 e.